The number of ketones is 1. The molecule has 4 aromatic carbocycles. The summed E-state index contributed by atoms with van der Waals surface area (Å²) in [5, 5.41) is 17.7. The summed E-state index contributed by atoms with van der Waals surface area (Å²) in [6.45, 7) is 0.283. The predicted molar refractivity (Wildman–Crippen MR) is 236 cm³/mol. The van der Waals surface area contributed by atoms with Gasteiger partial charge in [-0.15, -0.1) is 0 Å². The third-order valence-corrected chi connectivity index (χ3v) is 14.9. The Morgan fingerprint density at radius 2 is 1.00 bits per heavy atom. The fraction of sp³-hybridized carbons (Fsp3) is 0.413. The molecule has 0 radical (unpaired) electrons. The maximum Gasteiger partial charge on any atom is 0.416 e. The first kappa shape index (κ1) is 57.7. The van der Waals surface area contributed by atoms with Gasteiger partial charge in [0.15, 0.2) is 19.0 Å². The van der Waals surface area contributed by atoms with E-state index in [4.69, 9.17) is 19.7 Å². The van der Waals surface area contributed by atoms with Crippen molar-refractivity contribution in [3.05, 3.63) is 117 Å². The zero-order chi connectivity index (χ0) is 50.0. The lowest BCUT2D eigenvalue weighted by Gasteiger charge is -2.33. The molecule has 0 saturated heterocycles. The number of benzene rings is 4. The number of halogens is 8. The van der Waals surface area contributed by atoms with Crippen LogP contribution in [-0.2, 0) is 60.8 Å². The molecular formula is C46H52F8N2O11S2. The summed E-state index contributed by atoms with van der Waals surface area (Å²) >= 11 is 0. The molecular weight excluding hydrogens is 973 g/mol. The van der Waals surface area contributed by atoms with E-state index in [1.807, 2.05) is 0 Å². The van der Waals surface area contributed by atoms with E-state index in [0.29, 0.717) is 97.7 Å². The minimum Gasteiger partial charge on any atom is -0.482 e. The van der Waals surface area contributed by atoms with Gasteiger partial charge in [0.2, 0.25) is 20.0 Å². The third kappa shape index (κ3) is 13.4. The van der Waals surface area contributed by atoms with E-state index in [2.05, 4.69) is 0 Å². The highest BCUT2D eigenvalue weighted by Crippen LogP contribution is 2.44. The van der Waals surface area contributed by atoms with Crippen LogP contribution in [0.3, 0.4) is 0 Å². The largest absolute Gasteiger partial charge is 0.482 e. The molecule has 4 aromatic rings. The van der Waals surface area contributed by atoms with Crippen molar-refractivity contribution in [1.29, 1.82) is 0 Å². The fourth-order valence-corrected chi connectivity index (χ4v) is 10.7. The molecule has 2 atom stereocenters. The van der Waals surface area contributed by atoms with Crippen molar-refractivity contribution in [3.8, 4) is 11.5 Å². The van der Waals surface area contributed by atoms with E-state index in [-0.39, 0.29) is 32.2 Å². The average Bonchev–Trinajstić information content (AvgIpc) is 3.25. The molecule has 0 amide bonds. The third-order valence-electron chi connectivity index (χ3n) is 11.2. The number of Topliss-reactive ketones (excluding diaryl/α,β-unsaturated/α-hetero) is 1. The summed E-state index contributed by atoms with van der Waals surface area (Å²) in [7, 11) is -6.59. The van der Waals surface area contributed by atoms with Gasteiger partial charge < -0.3 is 19.7 Å². The van der Waals surface area contributed by atoms with Crippen LogP contribution < -0.4 is 9.47 Å². The highest BCUT2D eigenvalue weighted by Gasteiger charge is 2.40. The molecule has 6 rings (SSSR count). The number of carboxylic acid groups (broad SMARTS) is 2. The van der Waals surface area contributed by atoms with Crippen molar-refractivity contribution in [3.63, 3.8) is 0 Å². The SMILES string of the molecule is C.C.CC(=O)c1cc(C(F)(F)F)cc(S(=O)(=O)N(C)[C@@H]2CCCc3c(OCC(=O)O)cccc32)c1.CN([C@@H]1CCCc2c(OCC(=O)O)cccc21)S(=O)(=O)c1cc(C(C)(F)F)cc(C(F)(F)F)c1. The molecule has 0 bridgehead atoms. The summed E-state index contributed by atoms with van der Waals surface area (Å²) < 4.78 is 174. The number of ether oxygens (including phenoxy) is 2. The number of alkyl halides is 8. The molecule has 0 aliphatic heterocycles. The van der Waals surface area contributed by atoms with Crippen molar-refractivity contribution in [2.45, 2.75) is 107 Å². The van der Waals surface area contributed by atoms with Crippen molar-refractivity contribution < 1.29 is 86.0 Å². The zero-order valence-electron chi connectivity index (χ0n) is 36.0. The molecule has 0 heterocycles. The van der Waals surface area contributed by atoms with Gasteiger partial charge in [0.05, 0.1) is 33.0 Å². The minimum atomic E-state index is -5.03. The van der Waals surface area contributed by atoms with Crippen LogP contribution >= 0.6 is 0 Å². The number of carbonyl (C=O) groups excluding carboxylic acids is 1. The Labute approximate surface area is 394 Å². The first-order valence-corrected chi connectivity index (χ1v) is 23.0. The molecule has 2 aliphatic rings. The van der Waals surface area contributed by atoms with E-state index >= 15 is 0 Å². The number of hydrogen-bond donors (Lipinski definition) is 2. The van der Waals surface area contributed by atoms with Crippen LogP contribution in [0.4, 0.5) is 35.1 Å². The van der Waals surface area contributed by atoms with Gasteiger partial charge in [-0.1, -0.05) is 39.1 Å². The smallest absolute Gasteiger partial charge is 0.416 e. The molecule has 0 fully saturated rings. The molecule has 23 heteroatoms. The van der Waals surface area contributed by atoms with Crippen molar-refractivity contribution in [2.24, 2.45) is 0 Å². The van der Waals surface area contributed by atoms with Gasteiger partial charge in [0.25, 0.3) is 5.92 Å². The Morgan fingerprint density at radius 1 is 0.623 bits per heavy atom. The maximum atomic E-state index is 13.9. The lowest BCUT2D eigenvalue weighted by atomic mass is 9.87. The Balaban J connectivity index is 0.000000355. The zero-order valence-corrected chi connectivity index (χ0v) is 37.7. The second-order valence-corrected chi connectivity index (χ2v) is 19.8. The van der Waals surface area contributed by atoms with Gasteiger partial charge in [-0.2, -0.15) is 35.0 Å². The lowest BCUT2D eigenvalue weighted by molar-refractivity contribution is -0.140. The number of sulfonamides is 2. The van der Waals surface area contributed by atoms with Crippen LogP contribution in [0.15, 0.2) is 82.6 Å². The normalized spacial score (nSPS) is 16.1. The number of rotatable bonds is 14. The Kier molecular flexibility index (Phi) is 18.4. The molecule has 0 spiro atoms. The summed E-state index contributed by atoms with van der Waals surface area (Å²) in [5.41, 5.74) is -1.80. The first-order chi connectivity index (χ1) is 30.9. The lowest BCUT2D eigenvalue weighted by Crippen LogP contribution is -2.34. The predicted octanol–water partition coefficient (Wildman–Crippen LogP) is 10.3. The molecule has 69 heavy (non-hydrogen) atoms. The average molecular weight is 1030 g/mol. The van der Waals surface area contributed by atoms with Gasteiger partial charge >= 0.3 is 24.3 Å². The first-order valence-electron chi connectivity index (χ1n) is 20.2. The van der Waals surface area contributed by atoms with Crippen molar-refractivity contribution >= 4 is 37.8 Å². The van der Waals surface area contributed by atoms with E-state index in [0.717, 1.165) is 21.6 Å². The molecule has 0 saturated carbocycles. The van der Waals surface area contributed by atoms with Gasteiger partial charge in [0.1, 0.15) is 11.5 Å². The number of nitrogens with zero attached hydrogens (tertiary/aromatic N) is 2. The standard InChI is InChI=1S/C22H22F5NO5S.C22H22F3NO6S.2CH4/c1-21(23,24)13-9-14(22(25,26)27)11-15(10-13)34(31,32)28(2)18-7-3-6-17-16(18)5-4-8-19(17)33-12-20(29)30;1-13(27)14-9-15(22(23,24)25)11-16(10-14)33(30,31)26(2)19-7-3-6-18-17(19)5-4-8-20(18)32-12-21(28)29;;/h4-5,8-11,18H,3,6-7,12H2,1-2H3,(H,29,30);4-5,8-11,19H,3,6-7,12H2,1-2H3,(H,28,29);2*1H4/t18-;19-;;/m11../s1. The van der Waals surface area contributed by atoms with Crippen molar-refractivity contribution in [2.75, 3.05) is 27.3 Å². The number of carbonyl (C=O) groups is 3. The van der Waals surface area contributed by atoms with E-state index in [1.165, 1.54) is 14.1 Å². The van der Waals surface area contributed by atoms with E-state index < -0.39 is 108 Å². The molecule has 13 nitrogen and oxygen atoms in total. The second kappa shape index (κ2) is 22.0. The molecule has 2 aliphatic carbocycles. The van der Waals surface area contributed by atoms with Crippen LogP contribution in [0.25, 0.3) is 0 Å². The molecule has 0 aromatic heterocycles. The number of fused-ring (bicyclic) bond motifs is 2. The monoisotopic (exact) mass is 1020 g/mol. The van der Waals surface area contributed by atoms with Gasteiger partial charge in [-0.25, -0.2) is 35.2 Å². The summed E-state index contributed by atoms with van der Waals surface area (Å²) in [5.74, 6) is -6.16. The van der Waals surface area contributed by atoms with Gasteiger partial charge in [-0.05, 0) is 116 Å². The minimum absolute atomic E-state index is 0. The highest BCUT2D eigenvalue weighted by atomic mass is 32.2. The molecule has 2 N–H and O–H groups in total. The Bertz CT molecular complexity index is 2730. The molecule has 0 unspecified atom stereocenters. The fourth-order valence-electron chi connectivity index (χ4n) is 7.83. The molecule has 380 valence electrons. The van der Waals surface area contributed by atoms with Crippen LogP contribution in [0.2, 0.25) is 0 Å². The number of aliphatic carboxylic acids is 2. The second-order valence-electron chi connectivity index (χ2n) is 15.8. The quantitative estimate of drug-likeness (QED) is 0.0905. The van der Waals surface area contributed by atoms with E-state index in [1.54, 1.807) is 36.4 Å². The Hall–Kier alpha value is -5.65. The van der Waals surface area contributed by atoms with Crippen LogP contribution in [0.1, 0.15) is 116 Å². The van der Waals surface area contributed by atoms with Gasteiger partial charge in [0, 0.05) is 32.1 Å². The van der Waals surface area contributed by atoms with E-state index in [9.17, 15) is 66.3 Å². The van der Waals surface area contributed by atoms with Crippen molar-refractivity contribution in [1.82, 2.24) is 8.61 Å². The number of carboxylic acids is 2. The summed E-state index contributed by atoms with van der Waals surface area (Å²) in [6.07, 6.45) is -7.07. The summed E-state index contributed by atoms with van der Waals surface area (Å²) in [6, 6.07) is 11.3. The summed E-state index contributed by atoms with van der Waals surface area (Å²) in [4.78, 5) is 31.9. The number of hydrogen-bond acceptors (Lipinski definition) is 9. The van der Waals surface area contributed by atoms with Gasteiger partial charge in [-0.3, -0.25) is 4.79 Å². The maximum absolute atomic E-state index is 13.9. The van der Waals surface area contributed by atoms with Crippen LogP contribution in [0.5, 0.6) is 11.5 Å². The highest BCUT2D eigenvalue weighted by molar-refractivity contribution is 7.89. The van der Waals surface area contributed by atoms with Crippen LogP contribution in [-0.4, -0.2) is 80.7 Å². The van der Waals surface area contributed by atoms with Crippen LogP contribution in [0, 0.1) is 0 Å². The topological polar surface area (TPSA) is 185 Å². The Morgan fingerprint density at radius 3 is 1.36 bits per heavy atom.